The number of nitrogens with zero attached hydrogens (tertiary/aromatic N) is 1. The van der Waals surface area contributed by atoms with Gasteiger partial charge in [-0.15, -0.1) is 0 Å². The lowest BCUT2D eigenvalue weighted by molar-refractivity contribution is -0.116. The quantitative estimate of drug-likeness (QED) is 0.673. The van der Waals surface area contributed by atoms with E-state index in [1.165, 1.54) is 0 Å². The molecule has 8 heteroatoms. The Morgan fingerprint density at radius 2 is 1.61 bits per heavy atom. The van der Waals surface area contributed by atoms with Crippen molar-refractivity contribution < 1.29 is 22.7 Å². The minimum atomic E-state index is -3.43. The molecule has 176 valence electrons. The van der Waals surface area contributed by atoms with E-state index in [1.807, 2.05) is 18.2 Å². The molecule has 33 heavy (non-hydrogen) atoms. The van der Waals surface area contributed by atoms with Crippen LogP contribution in [0.1, 0.15) is 56.9 Å². The highest BCUT2D eigenvalue weighted by Crippen LogP contribution is 2.47. The predicted octanol–water partition coefficient (Wildman–Crippen LogP) is 4.47. The van der Waals surface area contributed by atoms with Crippen molar-refractivity contribution in [1.29, 1.82) is 0 Å². The number of sulfonamides is 1. The first-order valence-corrected chi connectivity index (χ1v) is 13.3. The molecule has 3 aliphatic rings. The lowest BCUT2D eigenvalue weighted by Crippen LogP contribution is -2.35. The van der Waals surface area contributed by atoms with Crippen molar-refractivity contribution in [2.75, 3.05) is 18.4 Å². The second-order valence-electron chi connectivity index (χ2n) is 9.14. The van der Waals surface area contributed by atoms with Crippen molar-refractivity contribution in [2.45, 2.75) is 68.5 Å². The minimum absolute atomic E-state index is 0.102. The number of carbonyl (C=O) groups is 1. The summed E-state index contributed by atoms with van der Waals surface area (Å²) in [6, 6.07) is 12.4. The van der Waals surface area contributed by atoms with Gasteiger partial charge in [-0.3, -0.25) is 4.79 Å². The molecule has 2 aliphatic heterocycles. The number of amides is 1. The lowest BCUT2D eigenvalue weighted by atomic mass is 10.1. The molecule has 2 fully saturated rings. The number of rotatable bonds is 6. The van der Waals surface area contributed by atoms with E-state index in [1.54, 1.807) is 28.6 Å². The first kappa shape index (κ1) is 22.2. The van der Waals surface area contributed by atoms with Gasteiger partial charge in [-0.05, 0) is 61.9 Å². The molecular weight excluding hydrogens is 440 g/mol. The number of fused-ring (bicyclic) bond motifs is 1. The van der Waals surface area contributed by atoms with Crippen LogP contribution in [0.5, 0.6) is 11.5 Å². The SMILES string of the molecule is O=C(CCc1ccc(S(=O)(=O)N2CCCCC2)cc1)Nc1ccc2c(c1)OC1(CCCC1)O2. The molecule has 1 aliphatic carbocycles. The summed E-state index contributed by atoms with van der Waals surface area (Å²) in [5, 5.41) is 2.92. The summed E-state index contributed by atoms with van der Waals surface area (Å²) in [7, 11) is -3.43. The standard InChI is InChI=1S/C25H30N2O5S/c28-24(26-20-9-12-22-23(18-20)32-25(31-22)14-2-3-15-25)13-8-19-6-10-21(11-7-19)33(29,30)27-16-4-1-5-17-27/h6-7,9-12,18H,1-5,8,13-17H2,(H,26,28). The molecule has 0 aromatic heterocycles. The molecule has 1 saturated carbocycles. The number of piperidine rings is 1. The Bertz CT molecular complexity index is 1120. The van der Waals surface area contributed by atoms with E-state index in [2.05, 4.69) is 5.32 Å². The van der Waals surface area contributed by atoms with Gasteiger partial charge in [0.1, 0.15) is 0 Å². The fourth-order valence-electron chi connectivity index (χ4n) is 4.85. The topological polar surface area (TPSA) is 84.9 Å². The molecule has 2 aromatic carbocycles. The molecule has 0 bridgehead atoms. The highest BCUT2D eigenvalue weighted by Gasteiger charge is 2.44. The number of carbonyl (C=O) groups excluding carboxylic acids is 1. The van der Waals surface area contributed by atoms with Gasteiger partial charge in [0.05, 0.1) is 4.90 Å². The van der Waals surface area contributed by atoms with Crippen LogP contribution in [-0.4, -0.2) is 37.5 Å². The maximum Gasteiger partial charge on any atom is 0.251 e. The third-order valence-corrected chi connectivity index (χ3v) is 8.61. The van der Waals surface area contributed by atoms with Crippen LogP contribution in [0.25, 0.3) is 0 Å². The summed E-state index contributed by atoms with van der Waals surface area (Å²) in [4.78, 5) is 12.8. The van der Waals surface area contributed by atoms with Crippen LogP contribution in [0.4, 0.5) is 5.69 Å². The van der Waals surface area contributed by atoms with Crippen molar-refractivity contribution in [3.8, 4) is 11.5 Å². The summed E-state index contributed by atoms with van der Waals surface area (Å²) in [5.74, 6) is 0.794. The normalized spacial score (nSPS) is 19.6. The third kappa shape index (κ3) is 4.73. The second kappa shape index (κ2) is 8.99. The summed E-state index contributed by atoms with van der Waals surface area (Å²) in [6.07, 6.45) is 7.72. The zero-order valence-corrected chi connectivity index (χ0v) is 19.5. The van der Waals surface area contributed by atoms with Gasteiger partial charge in [0.2, 0.25) is 15.9 Å². The zero-order chi connectivity index (χ0) is 22.9. The average molecular weight is 471 g/mol. The van der Waals surface area contributed by atoms with Gasteiger partial charge < -0.3 is 14.8 Å². The smallest absolute Gasteiger partial charge is 0.251 e. The predicted molar refractivity (Wildman–Crippen MR) is 125 cm³/mol. The Labute approximate surface area is 195 Å². The number of anilines is 1. The Balaban J connectivity index is 1.15. The van der Waals surface area contributed by atoms with Crippen LogP contribution < -0.4 is 14.8 Å². The van der Waals surface area contributed by atoms with Crippen LogP contribution in [0, 0.1) is 0 Å². The largest absolute Gasteiger partial charge is 0.448 e. The molecule has 1 saturated heterocycles. The first-order chi connectivity index (χ1) is 15.9. The van der Waals surface area contributed by atoms with Crippen LogP contribution in [0.3, 0.4) is 0 Å². The van der Waals surface area contributed by atoms with Crippen LogP contribution in [-0.2, 0) is 21.2 Å². The summed E-state index contributed by atoms with van der Waals surface area (Å²) in [5.41, 5.74) is 1.61. The van der Waals surface area contributed by atoms with E-state index in [4.69, 9.17) is 9.47 Å². The van der Waals surface area contributed by atoms with Crippen LogP contribution in [0.15, 0.2) is 47.4 Å². The Kier molecular flexibility index (Phi) is 6.05. The molecule has 0 unspecified atom stereocenters. The van der Waals surface area contributed by atoms with E-state index in [0.717, 1.165) is 56.3 Å². The van der Waals surface area contributed by atoms with Gasteiger partial charge in [0.15, 0.2) is 11.5 Å². The lowest BCUT2D eigenvalue weighted by Gasteiger charge is -2.25. The maximum absolute atomic E-state index is 12.8. The second-order valence-corrected chi connectivity index (χ2v) is 11.1. The summed E-state index contributed by atoms with van der Waals surface area (Å²) < 4.78 is 39.2. The molecule has 1 N–H and O–H groups in total. The summed E-state index contributed by atoms with van der Waals surface area (Å²) >= 11 is 0. The number of hydrogen-bond donors (Lipinski definition) is 1. The van der Waals surface area contributed by atoms with Crippen LogP contribution in [0.2, 0.25) is 0 Å². The van der Waals surface area contributed by atoms with E-state index in [9.17, 15) is 13.2 Å². The highest BCUT2D eigenvalue weighted by molar-refractivity contribution is 7.89. The van der Waals surface area contributed by atoms with Gasteiger partial charge in [-0.2, -0.15) is 4.31 Å². The van der Waals surface area contributed by atoms with Gasteiger partial charge in [0, 0.05) is 44.1 Å². The van der Waals surface area contributed by atoms with E-state index in [-0.39, 0.29) is 5.91 Å². The van der Waals surface area contributed by atoms with Gasteiger partial charge in [-0.25, -0.2) is 8.42 Å². The van der Waals surface area contributed by atoms with Gasteiger partial charge in [-0.1, -0.05) is 18.6 Å². The molecular formula is C25H30N2O5S. The number of aryl methyl sites for hydroxylation is 1. The van der Waals surface area contributed by atoms with Crippen molar-refractivity contribution in [1.82, 2.24) is 4.31 Å². The number of benzene rings is 2. The van der Waals surface area contributed by atoms with Crippen molar-refractivity contribution in [3.05, 3.63) is 48.0 Å². The minimum Gasteiger partial charge on any atom is -0.448 e. The van der Waals surface area contributed by atoms with E-state index < -0.39 is 15.8 Å². The summed E-state index contributed by atoms with van der Waals surface area (Å²) in [6.45, 7) is 1.18. The van der Waals surface area contributed by atoms with Gasteiger partial charge in [0.25, 0.3) is 5.79 Å². The molecule has 1 spiro atoms. The molecule has 2 aromatic rings. The average Bonchev–Trinajstić information content (AvgIpc) is 3.44. The number of hydrogen-bond acceptors (Lipinski definition) is 5. The number of nitrogens with one attached hydrogen (secondary N) is 1. The number of ether oxygens (including phenoxy) is 2. The fraction of sp³-hybridized carbons (Fsp3) is 0.480. The zero-order valence-electron chi connectivity index (χ0n) is 18.7. The Morgan fingerprint density at radius 1 is 0.909 bits per heavy atom. The van der Waals surface area contributed by atoms with Crippen LogP contribution >= 0.6 is 0 Å². The molecule has 0 radical (unpaired) electrons. The van der Waals surface area contributed by atoms with E-state index >= 15 is 0 Å². The highest BCUT2D eigenvalue weighted by atomic mass is 32.2. The monoisotopic (exact) mass is 470 g/mol. The molecule has 1 amide bonds. The van der Waals surface area contributed by atoms with E-state index in [0.29, 0.717) is 42.3 Å². The molecule has 7 nitrogen and oxygen atoms in total. The molecule has 5 rings (SSSR count). The fourth-order valence-corrected chi connectivity index (χ4v) is 6.37. The Morgan fingerprint density at radius 3 is 2.33 bits per heavy atom. The Hall–Kier alpha value is -2.58. The van der Waals surface area contributed by atoms with Crippen molar-refractivity contribution in [3.63, 3.8) is 0 Å². The third-order valence-electron chi connectivity index (χ3n) is 6.70. The molecule has 2 heterocycles. The maximum atomic E-state index is 12.8. The first-order valence-electron chi connectivity index (χ1n) is 11.8. The molecule has 0 atom stereocenters. The van der Waals surface area contributed by atoms with Gasteiger partial charge >= 0.3 is 0 Å². The van der Waals surface area contributed by atoms with Crippen molar-refractivity contribution in [2.24, 2.45) is 0 Å². The van der Waals surface area contributed by atoms with Crippen molar-refractivity contribution >= 4 is 21.6 Å².